The van der Waals surface area contributed by atoms with Crippen molar-refractivity contribution in [3.8, 4) is 5.69 Å². The minimum absolute atomic E-state index is 0.183. The lowest BCUT2D eigenvalue weighted by Crippen LogP contribution is -2.35. The summed E-state index contributed by atoms with van der Waals surface area (Å²) in [5.74, 6) is -0.760. The summed E-state index contributed by atoms with van der Waals surface area (Å²) in [5.41, 5.74) is 2.92. The maximum atomic E-state index is 14.4. The van der Waals surface area contributed by atoms with Gasteiger partial charge in [0, 0.05) is 29.9 Å². The van der Waals surface area contributed by atoms with Gasteiger partial charge >= 0.3 is 0 Å². The van der Waals surface area contributed by atoms with Crippen molar-refractivity contribution in [3.05, 3.63) is 76.9 Å². The molecule has 0 bridgehead atoms. The fraction of sp³-hybridized carbons (Fsp3) is 0.318. The lowest BCUT2D eigenvalue weighted by atomic mass is 10.1. The van der Waals surface area contributed by atoms with E-state index in [1.165, 1.54) is 16.8 Å². The quantitative estimate of drug-likeness (QED) is 0.738. The Morgan fingerprint density at radius 2 is 2.10 bits per heavy atom. The lowest BCUT2D eigenvalue weighted by Gasteiger charge is -2.17. The highest BCUT2D eigenvalue weighted by Crippen LogP contribution is 2.57. The summed E-state index contributed by atoms with van der Waals surface area (Å²) >= 11 is 0. The zero-order chi connectivity index (χ0) is 19.8. The average molecular weight is 392 g/mol. The van der Waals surface area contributed by atoms with Crippen LogP contribution >= 0.6 is 0 Å². The first kappa shape index (κ1) is 16.8. The van der Waals surface area contributed by atoms with Gasteiger partial charge in [0.25, 0.3) is 5.91 Å². The Bertz CT molecular complexity index is 1150. The third kappa shape index (κ3) is 2.53. The van der Waals surface area contributed by atoms with Crippen LogP contribution in [-0.4, -0.2) is 20.7 Å². The minimum atomic E-state index is -0.680. The van der Waals surface area contributed by atoms with Crippen LogP contribution in [0.25, 0.3) is 5.69 Å². The van der Waals surface area contributed by atoms with E-state index >= 15 is 0 Å². The molecule has 146 valence electrons. The van der Waals surface area contributed by atoms with Crippen LogP contribution in [0.5, 0.6) is 0 Å². The Morgan fingerprint density at radius 3 is 2.83 bits per heavy atom. The van der Waals surface area contributed by atoms with Gasteiger partial charge in [-0.15, -0.1) is 0 Å². The number of halogens is 2. The Balaban J connectivity index is 1.39. The molecule has 2 fully saturated rings. The van der Waals surface area contributed by atoms with Gasteiger partial charge in [-0.3, -0.25) is 9.78 Å². The molecule has 0 spiro atoms. The van der Waals surface area contributed by atoms with Crippen LogP contribution in [0.15, 0.2) is 42.7 Å². The molecule has 3 aliphatic rings. The van der Waals surface area contributed by atoms with Crippen LogP contribution in [0.1, 0.15) is 52.5 Å². The second kappa shape index (κ2) is 5.72. The number of rotatable bonds is 4. The van der Waals surface area contributed by atoms with E-state index in [9.17, 15) is 13.6 Å². The number of benzene rings is 1. The molecule has 6 rings (SSSR count). The highest BCUT2D eigenvalue weighted by atomic mass is 19.1. The predicted molar refractivity (Wildman–Crippen MR) is 101 cm³/mol. The Morgan fingerprint density at radius 1 is 1.24 bits per heavy atom. The Kier molecular flexibility index (Phi) is 3.32. The first-order chi connectivity index (χ1) is 14.1. The van der Waals surface area contributed by atoms with Gasteiger partial charge in [-0.25, -0.2) is 13.5 Å². The summed E-state index contributed by atoms with van der Waals surface area (Å²) in [5, 5.41) is 7.64. The third-order valence-electron chi connectivity index (χ3n) is 6.43. The number of pyridine rings is 1. The van der Waals surface area contributed by atoms with Gasteiger partial charge in [0.2, 0.25) is 0 Å². The molecule has 2 saturated carbocycles. The van der Waals surface area contributed by atoms with E-state index in [0.29, 0.717) is 17.5 Å². The molecule has 1 N–H and O–H groups in total. The van der Waals surface area contributed by atoms with Gasteiger partial charge in [0.15, 0.2) is 11.5 Å². The highest BCUT2D eigenvalue weighted by Gasteiger charge is 2.52. The predicted octanol–water partition coefficient (Wildman–Crippen LogP) is 3.62. The standard InChI is InChI=1S/C22H18F2N4O/c23-14-3-4-18(17(24)10-14)28-20-15-8-12(15)9-16(20)19(27-28)21(29)26-22(5-6-22)13-2-1-7-25-11-13/h1-4,7,10-12,15H,5-6,8-9H2,(H,26,29)/t12-,15-/m0/s1. The second-order valence-corrected chi connectivity index (χ2v) is 8.30. The van der Waals surface area contributed by atoms with Crippen LogP contribution in [0.2, 0.25) is 0 Å². The summed E-state index contributed by atoms with van der Waals surface area (Å²) in [6.45, 7) is 0. The number of fused-ring (bicyclic) bond motifs is 3. The monoisotopic (exact) mass is 392 g/mol. The van der Waals surface area contributed by atoms with E-state index in [4.69, 9.17) is 0 Å². The number of nitrogens with one attached hydrogen (secondary N) is 1. The summed E-state index contributed by atoms with van der Waals surface area (Å²) in [6.07, 6.45) is 7.00. The maximum absolute atomic E-state index is 14.4. The molecule has 5 nitrogen and oxygen atoms in total. The second-order valence-electron chi connectivity index (χ2n) is 8.30. The first-order valence-electron chi connectivity index (χ1n) is 9.86. The van der Waals surface area contributed by atoms with Crippen molar-refractivity contribution >= 4 is 5.91 Å². The largest absolute Gasteiger partial charge is 0.341 e. The molecule has 1 aromatic carbocycles. The summed E-state index contributed by atoms with van der Waals surface area (Å²) in [4.78, 5) is 17.3. The number of aromatic nitrogens is 3. The Hall–Kier alpha value is -3.09. The van der Waals surface area contributed by atoms with Crippen LogP contribution < -0.4 is 5.32 Å². The van der Waals surface area contributed by atoms with Crippen molar-refractivity contribution in [2.75, 3.05) is 0 Å². The minimum Gasteiger partial charge on any atom is -0.341 e. The zero-order valence-corrected chi connectivity index (χ0v) is 15.5. The highest BCUT2D eigenvalue weighted by molar-refractivity contribution is 5.95. The van der Waals surface area contributed by atoms with Crippen LogP contribution in [0.4, 0.5) is 8.78 Å². The molecule has 7 heteroatoms. The Labute approximate surface area is 165 Å². The molecule has 0 unspecified atom stereocenters. The molecule has 3 aromatic rings. The molecule has 2 atom stereocenters. The average Bonchev–Trinajstić information content (AvgIpc) is 3.59. The van der Waals surface area contributed by atoms with Gasteiger partial charge in [-0.2, -0.15) is 5.10 Å². The molecule has 29 heavy (non-hydrogen) atoms. The van der Waals surface area contributed by atoms with E-state index < -0.39 is 17.2 Å². The SMILES string of the molecule is O=C(NC1(c2cccnc2)CC1)c1nn(-c2ccc(F)cc2F)c2c1C[C@@H]1C[C@H]21. The summed E-state index contributed by atoms with van der Waals surface area (Å²) < 4.78 is 29.3. The molecule has 3 aliphatic carbocycles. The molecule has 2 heterocycles. The maximum Gasteiger partial charge on any atom is 0.272 e. The third-order valence-corrected chi connectivity index (χ3v) is 6.43. The summed E-state index contributed by atoms with van der Waals surface area (Å²) in [6, 6.07) is 7.27. The number of carbonyl (C=O) groups excluding carboxylic acids is 1. The molecule has 0 radical (unpaired) electrons. The fourth-order valence-corrected chi connectivity index (χ4v) is 4.67. The van der Waals surface area contributed by atoms with Gasteiger partial charge in [0.05, 0.1) is 11.2 Å². The van der Waals surface area contributed by atoms with E-state index in [1.54, 1.807) is 12.4 Å². The number of hydrogen-bond acceptors (Lipinski definition) is 3. The molecular weight excluding hydrogens is 374 g/mol. The van der Waals surface area contributed by atoms with Crippen LogP contribution in [0, 0.1) is 17.6 Å². The van der Waals surface area contributed by atoms with Crippen molar-refractivity contribution in [1.82, 2.24) is 20.1 Å². The van der Waals surface area contributed by atoms with Gasteiger partial charge in [-0.05, 0) is 55.4 Å². The van der Waals surface area contributed by atoms with Crippen molar-refractivity contribution < 1.29 is 13.6 Å². The molecule has 2 aromatic heterocycles. The van der Waals surface area contributed by atoms with Gasteiger partial charge in [-0.1, -0.05) is 6.07 Å². The van der Waals surface area contributed by atoms with E-state index in [2.05, 4.69) is 15.4 Å². The molecular formula is C22H18F2N4O. The van der Waals surface area contributed by atoms with E-state index in [0.717, 1.165) is 48.6 Å². The van der Waals surface area contributed by atoms with Gasteiger partial charge < -0.3 is 5.32 Å². The lowest BCUT2D eigenvalue weighted by molar-refractivity contribution is 0.0924. The van der Waals surface area contributed by atoms with Crippen molar-refractivity contribution in [2.45, 2.75) is 37.1 Å². The number of nitrogens with zero attached hydrogens (tertiary/aromatic N) is 3. The number of amides is 1. The van der Waals surface area contributed by atoms with Crippen LogP contribution in [-0.2, 0) is 12.0 Å². The van der Waals surface area contributed by atoms with Crippen LogP contribution in [0.3, 0.4) is 0 Å². The molecule has 1 amide bonds. The fourth-order valence-electron chi connectivity index (χ4n) is 4.67. The van der Waals surface area contributed by atoms with E-state index in [1.807, 2.05) is 12.1 Å². The molecule has 0 aliphatic heterocycles. The van der Waals surface area contributed by atoms with Crippen molar-refractivity contribution in [3.63, 3.8) is 0 Å². The number of hydrogen-bond donors (Lipinski definition) is 1. The van der Waals surface area contributed by atoms with Crippen molar-refractivity contribution in [2.24, 2.45) is 5.92 Å². The first-order valence-corrected chi connectivity index (χ1v) is 9.86. The van der Waals surface area contributed by atoms with E-state index in [-0.39, 0.29) is 11.6 Å². The summed E-state index contributed by atoms with van der Waals surface area (Å²) in [7, 11) is 0. The number of carbonyl (C=O) groups is 1. The van der Waals surface area contributed by atoms with Gasteiger partial charge in [0.1, 0.15) is 11.5 Å². The molecule has 0 saturated heterocycles. The van der Waals surface area contributed by atoms with Crippen molar-refractivity contribution in [1.29, 1.82) is 0 Å². The normalized spacial score (nSPS) is 22.7. The topological polar surface area (TPSA) is 59.8 Å². The smallest absolute Gasteiger partial charge is 0.272 e. The zero-order valence-electron chi connectivity index (χ0n) is 15.5.